The highest BCUT2D eigenvalue weighted by atomic mass is 19.1. The van der Waals surface area contributed by atoms with E-state index in [1.165, 1.54) is 0 Å². The summed E-state index contributed by atoms with van der Waals surface area (Å²) in [5, 5.41) is 3.12. The van der Waals surface area contributed by atoms with Crippen molar-refractivity contribution in [3.05, 3.63) is 35.1 Å². The molecule has 0 radical (unpaired) electrons. The third-order valence-electron chi connectivity index (χ3n) is 3.48. The zero-order chi connectivity index (χ0) is 13.1. The summed E-state index contributed by atoms with van der Waals surface area (Å²) in [5.74, 6) is -0.149. The molecule has 3 nitrogen and oxygen atoms in total. The highest BCUT2D eigenvalue weighted by Gasteiger charge is 2.32. The molecule has 0 saturated carbocycles. The van der Waals surface area contributed by atoms with Crippen molar-refractivity contribution in [3.63, 3.8) is 0 Å². The number of aryl methyl sites for hydroxylation is 1. The number of nitrogens with zero attached hydrogens (tertiary/aromatic N) is 1. The van der Waals surface area contributed by atoms with Crippen molar-refractivity contribution in [2.45, 2.75) is 19.1 Å². The lowest BCUT2D eigenvalue weighted by Crippen LogP contribution is -2.47. The number of hydrogen-bond donors (Lipinski definition) is 1. The smallest absolute Gasteiger partial charge is 0.128 e. The van der Waals surface area contributed by atoms with Crippen LogP contribution in [0.5, 0.6) is 0 Å². The standard InChI is InChI=1S/C14H21FN2O/c1-10-4-5-12(15)11(8-10)14-13(9-16-2)18-7-6-17(14)3/h4-5,8,13-14,16H,6-7,9H2,1-3H3. The minimum absolute atomic E-state index is 0.00921. The van der Waals surface area contributed by atoms with E-state index in [9.17, 15) is 4.39 Å². The summed E-state index contributed by atoms with van der Waals surface area (Å²) >= 11 is 0. The van der Waals surface area contributed by atoms with Gasteiger partial charge in [-0.1, -0.05) is 17.7 Å². The zero-order valence-corrected chi connectivity index (χ0v) is 11.2. The first kappa shape index (κ1) is 13.5. The molecule has 0 aliphatic carbocycles. The molecule has 1 fully saturated rings. The van der Waals surface area contributed by atoms with Crippen LogP contribution in [0.25, 0.3) is 0 Å². The summed E-state index contributed by atoms with van der Waals surface area (Å²) in [5.41, 5.74) is 1.81. The third kappa shape index (κ3) is 2.71. The summed E-state index contributed by atoms with van der Waals surface area (Å²) in [6, 6.07) is 5.25. The Hall–Kier alpha value is -0.970. The topological polar surface area (TPSA) is 24.5 Å². The van der Waals surface area contributed by atoms with Gasteiger partial charge < -0.3 is 10.1 Å². The minimum atomic E-state index is -0.149. The van der Waals surface area contributed by atoms with Crippen molar-refractivity contribution >= 4 is 0 Å². The van der Waals surface area contributed by atoms with Gasteiger partial charge in [-0.05, 0) is 27.1 Å². The Labute approximate surface area is 108 Å². The number of likely N-dealkylation sites (N-methyl/N-ethyl adjacent to an activating group) is 2. The largest absolute Gasteiger partial charge is 0.374 e. The predicted molar refractivity (Wildman–Crippen MR) is 70.2 cm³/mol. The van der Waals surface area contributed by atoms with E-state index in [-0.39, 0.29) is 18.0 Å². The molecule has 0 aromatic heterocycles. The van der Waals surface area contributed by atoms with Crippen LogP contribution in [0, 0.1) is 12.7 Å². The van der Waals surface area contributed by atoms with E-state index in [0.29, 0.717) is 6.61 Å². The van der Waals surface area contributed by atoms with Crippen molar-refractivity contribution in [2.75, 3.05) is 33.8 Å². The van der Waals surface area contributed by atoms with Crippen molar-refractivity contribution in [1.29, 1.82) is 0 Å². The van der Waals surface area contributed by atoms with E-state index in [4.69, 9.17) is 4.74 Å². The first-order chi connectivity index (χ1) is 8.63. The van der Waals surface area contributed by atoms with E-state index >= 15 is 0 Å². The number of hydrogen-bond acceptors (Lipinski definition) is 3. The molecule has 1 aliphatic heterocycles. The second kappa shape index (κ2) is 5.78. The molecule has 100 valence electrons. The van der Waals surface area contributed by atoms with Gasteiger partial charge in [0.05, 0.1) is 18.8 Å². The maximum Gasteiger partial charge on any atom is 0.128 e. The monoisotopic (exact) mass is 252 g/mol. The molecule has 1 heterocycles. The Balaban J connectivity index is 2.33. The van der Waals surface area contributed by atoms with Crippen LogP contribution >= 0.6 is 0 Å². The molecule has 2 unspecified atom stereocenters. The van der Waals surface area contributed by atoms with Crippen molar-refractivity contribution in [2.24, 2.45) is 0 Å². The number of morpholine rings is 1. The van der Waals surface area contributed by atoms with E-state index < -0.39 is 0 Å². The molecule has 1 aromatic carbocycles. The van der Waals surface area contributed by atoms with Gasteiger partial charge >= 0.3 is 0 Å². The lowest BCUT2D eigenvalue weighted by Gasteiger charge is -2.39. The van der Waals surface area contributed by atoms with Crippen molar-refractivity contribution in [3.8, 4) is 0 Å². The molecule has 1 aromatic rings. The predicted octanol–water partition coefficient (Wildman–Crippen LogP) is 1.73. The first-order valence-electron chi connectivity index (χ1n) is 6.36. The highest BCUT2D eigenvalue weighted by Crippen LogP contribution is 2.30. The Bertz CT molecular complexity index is 409. The van der Waals surface area contributed by atoms with Crippen LogP contribution in [-0.4, -0.2) is 44.8 Å². The fourth-order valence-electron chi connectivity index (χ4n) is 2.56. The minimum Gasteiger partial charge on any atom is -0.374 e. The Kier molecular flexibility index (Phi) is 4.32. The van der Waals surface area contributed by atoms with Crippen LogP contribution in [0.15, 0.2) is 18.2 Å². The van der Waals surface area contributed by atoms with Crippen molar-refractivity contribution < 1.29 is 9.13 Å². The van der Waals surface area contributed by atoms with Gasteiger partial charge in [0.15, 0.2) is 0 Å². The lowest BCUT2D eigenvalue weighted by atomic mass is 9.96. The molecule has 18 heavy (non-hydrogen) atoms. The molecule has 4 heteroatoms. The van der Waals surface area contributed by atoms with Crippen LogP contribution in [-0.2, 0) is 4.74 Å². The summed E-state index contributed by atoms with van der Waals surface area (Å²) < 4.78 is 19.8. The number of nitrogens with one attached hydrogen (secondary N) is 1. The SMILES string of the molecule is CNCC1OCCN(C)C1c1cc(C)ccc1F. The van der Waals surface area contributed by atoms with E-state index in [0.717, 1.165) is 24.2 Å². The van der Waals surface area contributed by atoms with E-state index in [2.05, 4.69) is 10.2 Å². The summed E-state index contributed by atoms with van der Waals surface area (Å²) in [4.78, 5) is 2.17. The second-order valence-corrected chi connectivity index (χ2v) is 4.92. The van der Waals surface area contributed by atoms with Gasteiger partial charge in [-0.15, -0.1) is 0 Å². The van der Waals surface area contributed by atoms with Gasteiger partial charge in [-0.3, -0.25) is 4.90 Å². The molecule has 1 aliphatic rings. The maximum atomic E-state index is 14.0. The average Bonchev–Trinajstić information content (AvgIpc) is 2.34. The quantitative estimate of drug-likeness (QED) is 0.886. The van der Waals surface area contributed by atoms with Gasteiger partial charge in [0.1, 0.15) is 5.82 Å². The molecular formula is C14H21FN2O. The maximum absolute atomic E-state index is 14.0. The van der Waals surface area contributed by atoms with Crippen molar-refractivity contribution in [1.82, 2.24) is 10.2 Å². The molecule has 2 rings (SSSR count). The second-order valence-electron chi connectivity index (χ2n) is 4.92. The van der Waals surface area contributed by atoms with Crippen LogP contribution in [0.1, 0.15) is 17.2 Å². The lowest BCUT2D eigenvalue weighted by molar-refractivity contribution is -0.0616. The highest BCUT2D eigenvalue weighted by molar-refractivity contribution is 5.28. The molecule has 0 bridgehead atoms. The normalized spacial score (nSPS) is 25.3. The summed E-state index contributed by atoms with van der Waals surface area (Å²) in [6.45, 7) is 4.24. The summed E-state index contributed by atoms with van der Waals surface area (Å²) in [7, 11) is 3.92. The van der Waals surface area contributed by atoms with E-state index in [1.54, 1.807) is 12.1 Å². The van der Waals surface area contributed by atoms with Crippen LogP contribution in [0.4, 0.5) is 4.39 Å². The first-order valence-corrected chi connectivity index (χ1v) is 6.36. The Morgan fingerprint density at radius 3 is 3.00 bits per heavy atom. The van der Waals surface area contributed by atoms with Crippen LogP contribution in [0.2, 0.25) is 0 Å². The summed E-state index contributed by atoms with van der Waals surface area (Å²) in [6.07, 6.45) is -0.00921. The molecule has 1 N–H and O–H groups in total. The van der Waals surface area contributed by atoms with Gasteiger partial charge in [-0.25, -0.2) is 4.39 Å². The average molecular weight is 252 g/mol. The molecule has 0 spiro atoms. The third-order valence-corrected chi connectivity index (χ3v) is 3.48. The molecule has 0 amide bonds. The number of rotatable bonds is 3. The van der Waals surface area contributed by atoms with Crippen LogP contribution < -0.4 is 5.32 Å². The molecule has 2 atom stereocenters. The number of halogens is 1. The van der Waals surface area contributed by atoms with Gasteiger partial charge in [-0.2, -0.15) is 0 Å². The van der Waals surface area contributed by atoms with Gasteiger partial charge in [0.2, 0.25) is 0 Å². The zero-order valence-electron chi connectivity index (χ0n) is 11.2. The fourth-order valence-corrected chi connectivity index (χ4v) is 2.56. The Morgan fingerprint density at radius 1 is 1.50 bits per heavy atom. The van der Waals surface area contributed by atoms with Gasteiger partial charge in [0.25, 0.3) is 0 Å². The molecular weight excluding hydrogens is 231 g/mol. The Morgan fingerprint density at radius 2 is 2.28 bits per heavy atom. The number of benzene rings is 1. The molecule has 1 saturated heterocycles. The van der Waals surface area contributed by atoms with Gasteiger partial charge in [0, 0.05) is 18.7 Å². The number of ether oxygens (including phenoxy) is 1. The van der Waals surface area contributed by atoms with E-state index in [1.807, 2.05) is 27.1 Å². The fraction of sp³-hybridized carbons (Fsp3) is 0.571. The van der Waals surface area contributed by atoms with Crippen LogP contribution in [0.3, 0.4) is 0 Å².